The summed E-state index contributed by atoms with van der Waals surface area (Å²) in [5.74, 6) is 0. The molecule has 0 spiro atoms. The van der Waals surface area contributed by atoms with E-state index < -0.39 is 12.7 Å². The fourth-order valence-corrected chi connectivity index (χ4v) is 0.253. The van der Waals surface area contributed by atoms with Crippen molar-refractivity contribution in [2.24, 2.45) is 4.99 Å². The van der Waals surface area contributed by atoms with Crippen LogP contribution in [0.3, 0.4) is 0 Å². The van der Waals surface area contributed by atoms with Gasteiger partial charge in [-0.15, -0.1) is 0 Å². The van der Waals surface area contributed by atoms with Gasteiger partial charge in [0.2, 0.25) is 0 Å². The first kappa shape index (κ1) is 8.26. The number of nitrogens with one attached hydrogen (secondary N) is 1. The normalized spacial score (nSPS) is 12.4. The van der Waals surface area contributed by atoms with E-state index in [0.717, 1.165) is 6.34 Å². The summed E-state index contributed by atoms with van der Waals surface area (Å²) in [5.41, 5.74) is 0. The van der Waals surface area contributed by atoms with E-state index >= 15 is 0 Å². The Labute approximate surface area is 50.8 Å². The third kappa shape index (κ3) is 7.26. The van der Waals surface area contributed by atoms with Crippen molar-refractivity contribution in [3.05, 3.63) is 0 Å². The second kappa shape index (κ2) is 3.32. The van der Waals surface area contributed by atoms with Crippen molar-refractivity contribution in [2.45, 2.75) is 6.18 Å². The SMILES string of the molecule is CN=CNCC(F)(F)F. The summed E-state index contributed by atoms with van der Waals surface area (Å²) in [4.78, 5) is 3.30. The van der Waals surface area contributed by atoms with E-state index in [1.807, 2.05) is 5.32 Å². The molecule has 54 valence electrons. The summed E-state index contributed by atoms with van der Waals surface area (Å²) in [5, 5.41) is 1.96. The maximum Gasteiger partial charge on any atom is 0.405 e. The molecule has 5 heteroatoms. The molecule has 0 radical (unpaired) electrons. The molecule has 0 saturated heterocycles. The monoisotopic (exact) mass is 140 g/mol. The number of aliphatic imine (C=N–C) groups is 1. The second-order valence-corrected chi connectivity index (χ2v) is 1.38. The number of rotatable bonds is 2. The molecule has 0 aliphatic rings. The van der Waals surface area contributed by atoms with Crippen LogP contribution in [0.2, 0.25) is 0 Å². The molecule has 0 saturated carbocycles. The van der Waals surface area contributed by atoms with E-state index in [-0.39, 0.29) is 0 Å². The van der Waals surface area contributed by atoms with Crippen molar-refractivity contribution in [3.8, 4) is 0 Å². The van der Waals surface area contributed by atoms with Crippen LogP contribution in [0.15, 0.2) is 4.99 Å². The lowest BCUT2D eigenvalue weighted by molar-refractivity contribution is -0.121. The summed E-state index contributed by atoms with van der Waals surface area (Å²) in [6.45, 7) is -1.02. The van der Waals surface area contributed by atoms with Gasteiger partial charge in [-0.05, 0) is 0 Å². The Balaban J connectivity index is 3.28. The highest BCUT2D eigenvalue weighted by atomic mass is 19.4. The predicted octanol–water partition coefficient (Wildman–Crippen LogP) is 0.796. The molecule has 0 rings (SSSR count). The van der Waals surface area contributed by atoms with E-state index in [4.69, 9.17) is 0 Å². The minimum Gasteiger partial charge on any atom is -0.368 e. The van der Waals surface area contributed by atoms with Gasteiger partial charge in [0, 0.05) is 7.05 Å². The van der Waals surface area contributed by atoms with Crippen LogP contribution in [0.4, 0.5) is 13.2 Å². The summed E-state index contributed by atoms with van der Waals surface area (Å²) in [7, 11) is 1.39. The van der Waals surface area contributed by atoms with Crippen molar-refractivity contribution in [1.29, 1.82) is 0 Å². The molecule has 0 bridgehead atoms. The molecule has 0 aromatic carbocycles. The largest absolute Gasteiger partial charge is 0.405 e. The number of hydrogen-bond donors (Lipinski definition) is 1. The maximum absolute atomic E-state index is 11.3. The van der Waals surface area contributed by atoms with Crippen LogP contribution < -0.4 is 5.32 Å². The van der Waals surface area contributed by atoms with Gasteiger partial charge in [-0.3, -0.25) is 4.99 Å². The average Bonchev–Trinajstić information content (AvgIpc) is 1.63. The van der Waals surface area contributed by atoms with Crippen LogP contribution in [-0.4, -0.2) is 26.1 Å². The quantitative estimate of drug-likeness (QED) is 0.445. The van der Waals surface area contributed by atoms with Gasteiger partial charge in [0.05, 0.1) is 6.34 Å². The Bertz CT molecular complexity index is 96.5. The van der Waals surface area contributed by atoms with Crippen molar-refractivity contribution < 1.29 is 13.2 Å². The van der Waals surface area contributed by atoms with Gasteiger partial charge in [-0.25, -0.2) is 0 Å². The van der Waals surface area contributed by atoms with E-state index in [0.29, 0.717) is 0 Å². The minimum absolute atomic E-state index is 1.01. The van der Waals surface area contributed by atoms with E-state index in [9.17, 15) is 13.2 Å². The molecular weight excluding hydrogens is 133 g/mol. The standard InChI is InChI=1S/C4H7F3N2/c1-8-3-9-2-4(5,6)7/h3H,2H2,1H3,(H,8,9). The molecule has 0 aliphatic heterocycles. The molecule has 0 amide bonds. The first-order valence-electron chi connectivity index (χ1n) is 2.27. The van der Waals surface area contributed by atoms with Crippen molar-refractivity contribution in [3.63, 3.8) is 0 Å². The third-order valence-electron chi connectivity index (χ3n) is 0.523. The van der Waals surface area contributed by atoms with Crippen LogP contribution >= 0.6 is 0 Å². The second-order valence-electron chi connectivity index (χ2n) is 1.38. The van der Waals surface area contributed by atoms with Crippen molar-refractivity contribution in [1.82, 2.24) is 5.32 Å². The number of halogens is 3. The molecule has 0 atom stereocenters. The van der Waals surface area contributed by atoms with Crippen LogP contribution in [0, 0.1) is 0 Å². The maximum atomic E-state index is 11.3. The van der Waals surface area contributed by atoms with Crippen LogP contribution in [-0.2, 0) is 0 Å². The van der Waals surface area contributed by atoms with Gasteiger partial charge in [-0.2, -0.15) is 13.2 Å². The lowest BCUT2D eigenvalue weighted by Crippen LogP contribution is -2.27. The van der Waals surface area contributed by atoms with Crippen molar-refractivity contribution >= 4 is 6.34 Å². The van der Waals surface area contributed by atoms with Crippen molar-refractivity contribution in [2.75, 3.05) is 13.6 Å². The lowest BCUT2D eigenvalue weighted by atomic mass is 10.6. The fourth-order valence-electron chi connectivity index (χ4n) is 0.253. The number of nitrogens with zero attached hydrogens (tertiary/aromatic N) is 1. The molecular formula is C4H7F3N2. The smallest absolute Gasteiger partial charge is 0.368 e. The molecule has 2 nitrogen and oxygen atoms in total. The molecule has 9 heavy (non-hydrogen) atoms. The highest BCUT2D eigenvalue weighted by molar-refractivity contribution is 5.53. The zero-order chi connectivity index (χ0) is 7.33. The van der Waals surface area contributed by atoms with Gasteiger partial charge in [0.1, 0.15) is 6.54 Å². The molecule has 0 aromatic heterocycles. The molecule has 0 unspecified atom stereocenters. The Morgan fingerprint density at radius 2 is 2.11 bits per heavy atom. The van der Waals surface area contributed by atoms with E-state index in [2.05, 4.69) is 4.99 Å². The Morgan fingerprint density at radius 1 is 1.56 bits per heavy atom. The minimum atomic E-state index is -4.15. The van der Waals surface area contributed by atoms with Crippen LogP contribution in [0.1, 0.15) is 0 Å². The Hall–Kier alpha value is -0.740. The molecule has 0 heterocycles. The Kier molecular flexibility index (Phi) is 3.05. The molecule has 0 aromatic rings. The van der Waals surface area contributed by atoms with Gasteiger partial charge in [0.15, 0.2) is 0 Å². The van der Waals surface area contributed by atoms with Gasteiger partial charge in [-0.1, -0.05) is 0 Å². The molecule has 1 N–H and O–H groups in total. The zero-order valence-electron chi connectivity index (χ0n) is 4.87. The van der Waals surface area contributed by atoms with Gasteiger partial charge in [0.25, 0.3) is 0 Å². The fraction of sp³-hybridized carbons (Fsp3) is 0.750. The highest BCUT2D eigenvalue weighted by Crippen LogP contribution is 2.11. The van der Waals surface area contributed by atoms with Crippen LogP contribution in [0.5, 0.6) is 0 Å². The predicted molar refractivity (Wildman–Crippen MR) is 28.5 cm³/mol. The first-order valence-corrected chi connectivity index (χ1v) is 2.27. The summed E-state index contributed by atoms with van der Waals surface area (Å²) >= 11 is 0. The average molecular weight is 140 g/mol. The van der Waals surface area contributed by atoms with Gasteiger partial charge >= 0.3 is 6.18 Å². The third-order valence-corrected chi connectivity index (χ3v) is 0.523. The summed E-state index contributed by atoms with van der Waals surface area (Å²) in [6, 6.07) is 0. The topological polar surface area (TPSA) is 24.4 Å². The van der Waals surface area contributed by atoms with Gasteiger partial charge < -0.3 is 5.32 Å². The summed E-state index contributed by atoms with van der Waals surface area (Å²) < 4.78 is 33.8. The first-order chi connectivity index (χ1) is 4.06. The zero-order valence-corrected chi connectivity index (χ0v) is 4.87. The number of alkyl halides is 3. The highest BCUT2D eigenvalue weighted by Gasteiger charge is 2.25. The van der Waals surface area contributed by atoms with E-state index in [1.54, 1.807) is 0 Å². The van der Waals surface area contributed by atoms with Crippen LogP contribution in [0.25, 0.3) is 0 Å². The van der Waals surface area contributed by atoms with E-state index in [1.165, 1.54) is 7.05 Å². The molecule has 0 fully saturated rings. The Morgan fingerprint density at radius 3 is 2.44 bits per heavy atom. The lowest BCUT2D eigenvalue weighted by Gasteiger charge is -2.03. The summed E-state index contributed by atoms with van der Waals surface area (Å²) in [6.07, 6.45) is -3.14. The molecule has 0 aliphatic carbocycles. The number of hydrogen-bond acceptors (Lipinski definition) is 1.